The molecular formula is C18H13N3O3. The van der Waals surface area contributed by atoms with Crippen LogP contribution in [0.1, 0.15) is 16.2 Å². The van der Waals surface area contributed by atoms with Gasteiger partial charge in [0.2, 0.25) is 5.82 Å². The number of esters is 1. The number of H-pyrrole nitrogens is 1. The lowest BCUT2D eigenvalue weighted by atomic mass is 10.2. The van der Waals surface area contributed by atoms with Gasteiger partial charge in [-0.25, -0.2) is 4.79 Å². The molecule has 4 aromatic rings. The lowest BCUT2D eigenvalue weighted by molar-refractivity contribution is 0.0432. The van der Waals surface area contributed by atoms with Crippen molar-refractivity contribution in [1.82, 2.24) is 15.1 Å². The Morgan fingerprint density at radius 3 is 2.75 bits per heavy atom. The maximum Gasteiger partial charge on any atom is 0.340 e. The van der Waals surface area contributed by atoms with E-state index in [1.54, 1.807) is 6.20 Å². The van der Waals surface area contributed by atoms with E-state index in [-0.39, 0.29) is 12.5 Å². The third-order valence-electron chi connectivity index (χ3n) is 3.64. The van der Waals surface area contributed by atoms with Gasteiger partial charge in [-0.3, -0.25) is 0 Å². The van der Waals surface area contributed by atoms with E-state index in [0.29, 0.717) is 11.4 Å². The molecule has 2 heterocycles. The number of rotatable bonds is 4. The van der Waals surface area contributed by atoms with E-state index in [0.717, 1.165) is 16.5 Å². The molecule has 118 valence electrons. The molecule has 6 heteroatoms. The zero-order valence-corrected chi connectivity index (χ0v) is 12.6. The smallest absolute Gasteiger partial charge is 0.340 e. The third kappa shape index (κ3) is 2.65. The number of carbonyl (C=O) groups is 1. The minimum atomic E-state index is -0.438. The topological polar surface area (TPSA) is 81.0 Å². The van der Waals surface area contributed by atoms with Crippen LogP contribution in [-0.4, -0.2) is 21.1 Å². The second-order valence-electron chi connectivity index (χ2n) is 5.20. The Morgan fingerprint density at radius 1 is 1.08 bits per heavy atom. The largest absolute Gasteiger partial charge is 0.452 e. The molecular weight excluding hydrogens is 306 g/mol. The first-order valence-corrected chi connectivity index (χ1v) is 7.42. The maximum atomic E-state index is 12.2. The fourth-order valence-corrected chi connectivity index (χ4v) is 2.46. The van der Waals surface area contributed by atoms with E-state index in [9.17, 15) is 4.79 Å². The first-order valence-electron chi connectivity index (χ1n) is 7.42. The summed E-state index contributed by atoms with van der Waals surface area (Å²) in [5.41, 5.74) is 2.21. The van der Waals surface area contributed by atoms with E-state index in [1.165, 1.54) is 0 Å². The van der Waals surface area contributed by atoms with Crippen molar-refractivity contribution in [2.45, 2.75) is 6.61 Å². The number of carbonyl (C=O) groups excluding carboxylic acids is 1. The number of hydrogen-bond donors (Lipinski definition) is 1. The zero-order chi connectivity index (χ0) is 16.4. The number of hydrogen-bond acceptors (Lipinski definition) is 5. The first-order chi connectivity index (χ1) is 11.8. The molecule has 2 aromatic heterocycles. The highest BCUT2D eigenvalue weighted by Gasteiger charge is 2.15. The Bertz CT molecular complexity index is 989. The second-order valence-corrected chi connectivity index (χ2v) is 5.20. The maximum absolute atomic E-state index is 12.2. The monoisotopic (exact) mass is 319 g/mol. The van der Waals surface area contributed by atoms with E-state index >= 15 is 0 Å². The van der Waals surface area contributed by atoms with Gasteiger partial charge in [0.25, 0.3) is 5.89 Å². The van der Waals surface area contributed by atoms with Crippen molar-refractivity contribution < 1.29 is 14.1 Å². The van der Waals surface area contributed by atoms with Gasteiger partial charge in [-0.1, -0.05) is 53.7 Å². The van der Waals surface area contributed by atoms with Crippen LogP contribution in [0.25, 0.3) is 22.3 Å². The predicted octanol–water partition coefficient (Wildman–Crippen LogP) is 3.57. The van der Waals surface area contributed by atoms with Crippen molar-refractivity contribution in [2.75, 3.05) is 0 Å². The van der Waals surface area contributed by atoms with Crippen LogP contribution >= 0.6 is 0 Å². The van der Waals surface area contributed by atoms with E-state index in [1.807, 2.05) is 54.6 Å². The normalized spacial score (nSPS) is 10.8. The van der Waals surface area contributed by atoms with Crippen molar-refractivity contribution in [3.63, 3.8) is 0 Å². The van der Waals surface area contributed by atoms with Crippen LogP contribution in [0.5, 0.6) is 0 Å². The number of ether oxygens (including phenoxy) is 1. The summed E-state index contributed by atoms with van der Waals surface area (Å²) < 4.78 is 10.4. The Balaban J connectivity index is 1.47. The van der Waals surface area contributed by atoms with Crippen LogP contribution in [0.4, 0.5) is 0 Å². The molecule has 4 rings (SSSR count). The van der Waals surface area contributed by atoms with Gasteiger partial charge in [-0.15, -0.1) is 0 Å². The van der Waals surface area contributed by atoms with Gasteiger partial charge in [0.15, 0.2) is 6.61 Å². The van der Waals surface area contributed by atoms with Crippen LogP contribution < -0.4 is 0 Å². The van der Waals surface area contributed by atoms with Gasteiger partial charge in [0.1, 0.15) is 0 Å². The molecule has 0 amide bonds. The molecule has 0 radical (unpaired) electrons. The highest BCUT2D eigenvalue weighted by Crippen LogP contribution is 2.19. The molecule has 0 saturated heterocycles. The molecule has 0 aliphatic heterocycles. The van der Waals surface area contributed by atoms with E-state index in [4.69, 9.17) is 9.26 Å². The lowest BCUT2D eigenvalue weighted by Crippen LogP contribution is -2.04. The fraction of sp³-hybridized carbons (Fsp3) is 0.0556. The fourth-order valence-electron chi connectivity index (χ4n) is 2.46. The number of nitrogens with zero attached hydrogens (tertiary/aromatic N) is 2. The number of aromatic nitrogens is 3. The second kappa shape index (κ2) is 6.00. The summed E-state index contributed by atoms with van der Waals surface area (Å²) in [6.45, 7) is -0.0713. The van der Waals surface area contributed by atoms with Gasteiger partial charge in [0.05, 0.1) is 5.56 Å². The predicted molar refractivity (Wildman–Crippen MR) is 87.2 cm³/mol. The van der Waals surface area contributed by atoms with Crippen LogP contribution in [-0.2, 0) is 11.3 Å². The third-order valence-corrected chi connectivity index (χ3v) is 3.64. The summed E-state index contributed by atoms with van der Waals surface area (Å²) in [6, 6.07) is 17.0. The van der Waals surface area contributed by atoms with Gasteiger partial charge >= 0.3 is 5.97 Å². The number of nitrogens with one attached hydrogen (secondary N) is 1. The van der Waals surface area contributed by atoms with Crippen LogP contribution in [0.15, 0.2) is 65.3 Å². The Hall–Kier alpha value is -3.41. The van der Waals surface area contributed by atoms with E-state index < -0.39 is 5.97 Å². The average Bonchev–Trinajstić information content (AvgIpc) is 3.27. The first kappa shape index (κ1) is 14.2. The summed E-state index contributed by atoms with van der Waals surface area (Å²) >= 11 is 0. The molecule has 6 nitrogen and oxygen atoms in total. The molecule has 0 unspecified atom stereocenters. The number of benzene rings is 2. The van der Waals surface area contributed by atoms with Crippen LogP contribution in [0.2, 0.25) is 0 Å². The Labute approximate surface area is 137 Å². The SMILES string of the molecule is O=C(OCc1nc(-c2ccccc2)no1)c1c[nH]c2ccccc12. The molecule has 2 aromatic carbocycles. The summed E-state index contributed by atoms with van der Waals surface area (Å²) in [4.78, 5) is 19.5. The molecule has 1 N–H and O–H groups in total. The van der Waals surface area contributed by atoms with Gasteiger partial charge in [0, 0.05) is 22.7 Å². The molecule has 24 heavy (non-hydrogen) atoms. The zero-order valence-electron chi connectivity index (χ0n) is 12.6. The Kier molecular flexibility index (Phi) is 3.55. The van der Waals surface area contributed by atoms with Gasteiger partial charge in [-0.2, -0.15) is 4.98 Å². The minimum absolute atomic E-state index is 0.0713. The molecule has 0 saturated carbocycles. The highest BCUT2D eigenvalue weighted by molar-refractivity contribution is 6.03. The van der Waals surface area contributed by atoms with E-state index in [2.05, 4.69) is 15.1 Å². The molecule has 0 aliphatic carbocycles. The van der Waals surface area contributed by atoms with Crippen LogP contribution in [0.3, 0.4) is 0 Å². The van der Waals surface area contributed by atoms with Gasteiger partial charge in [-0.05, 0) is 6.07 Å². The quantitative estimate of drug-likeness (QED) is 0.582. The molecule has 0 spiro atoms. The summed E-state index contributed by atoms with van der Waals surface area (Å²) in [6.07, 6.45) is 1.64. The summed E-state index contributed by atoms with van der Waals surface area (Å²) in [5, 5.41) is 4.71. The average molecular weight is 319 g/mol. The van der Waals surface area contributed by atoms with Crippen LogP contribution in [0, 0.1) is 0 Å². The van der Waals surface area contributed by atoms with Crippen molar-refractivity contribution in [3.8, 4) is 11.4 Å². The molecule has 0 aliphatic rings. The summed E-state index contributed by atoms with van der Waals surface area (Å²) in [7, 11) is 0. The highest BCUT2D eigenvalue weighted by atomic mass is 16.6. The minimum Gasteiger partial charge on any atom is -0.452 e. The van der Waals surface area contributed by atoms with Crippen molar-refractivity contribution >= 4 is 16.9 Å². The number of fused-ring (bicyclic) bond motifs is 1. The molecule has 0 fully saturated rings. The standard InChI is InChI=1S/C18H13N3O3/c22-18(14-10-19-15-9-5-4-8-13(14)15)23-11-16-20-17(21-24-16)12-6-2-1-3-7-12/h1-10,19H,11H2. The van der Waals surface area contributed by atoms with Gasteiger partial charge < -0.3 is 14.2 Å². The van der Waals surface area contributed by atoms with Crippen molar-refractivity contribution in [1.29, 1.82) is 0 Å². The number of para-hydroxylation sites is 1. The summed E-state index contributed by atoms with van der Waals surface area (Å²) in [5.74, 6) is 0.280. The Morgan fingerprint density at radius 2 is 1.88 bits per heavy atom. The van der Waals surface area contributed by atoms with Crippen molar-refractivity contribution in [3.05, 3.63) is 72.2 Å². The number of aromatic amines is 1. The molecule has 0 bridgehead atoms. The molecule has 0 atom stereocenters. The lowest BCUT2D eigenvalue weighted by Gasteiger charge is -2.00. The van der Waals surface area contributed by atoms with Crippen molar-refractivity contribution in [2.24, 2.45) is 0 Å².